The van der Waals surface area contributed by atoms with Gasteiger partial charge in [0, 0.05) is 23.0 Å². The molecular weight excluding hydrogens is 380 g/mol. The Balaban J connectivity index is 1.57. The lowest BCUT2D eigenvalue weighted by molar-refractivity contribution is 0.0910. The monoisotopic (exact) mass is 406 g/mol. The molecule has 1 aliphatic carbocycles. The maximum Gasteiger partial charge on any atom is 0.251 e. The largest absolute Gasteiger partial charge is 0.349 e. The van der Waals surface area contributed by atoms with Gasteiger partial charge in [0.1, 0.15) is 0 Å². The van der Waals surface area contributed by atoms with Gasteiger partial charge in [-0.2, -0.15) is 0 Å². The van der Waals surface area contributed by atoms with Crippen molar-refractivity contribution in [3.63, 3.8) is 0 Å². The van der Waals surface area contributed by atoms with E-state index in [-0.39, 0.29) is 16.8 Å². The summed E-state index contributed by atoms with van der Waals surface area (Å²) in [7, 11) is -3.57. The number of sulfonamides is 1. The van der Waals surface area contributed by atoms with Crippen LogP contribution in [0.1, 0.15) is 47.8 Å². The van der Waals surface area contributed by atoms with Crippen LogP contribution >= 0.6 is 11.3 Å². The summed E-state index contributed by atoms with van der Waals surface area (Å²) < 4.78 is 27.4. The number of hydrogen-bond acceptors (Lipinski definition) is 4. The highest BCUT2D eigenvalue weighted by atomic mass is 32.2. The van der Waals surface area contributed by atoms with Crippen LogP contribution in [0, 0.1) is 5.92 Å². The Labute approximate surface area is 165 Å². The number of carbonyl (C=O) groups is 1. The summed E-state index contributed by atoms with van der Waals surface area (Å²) in [4.78, 5) is 13.8. The van der Waals surface area contributed by atoms with Gasteiger partial charge in [0.25, 0.3) is 5.91 Å². The second-order valence-corrected chi connectivity index (χ2v) is 9.89. The fourth-order valence-electron chi connectivity index (χ4n) is 3.41. The van der Waals surface area contributed by atoms with Gasteiger partial charge in [-0.15, -0.1) is 11.3 Å². The standard InChI is InChI=1S/C20H26N2O3S2/c1-15-5-2-3-7-19(15)22-20(23)16-8-10-18(11-9-16)27(24,25)21-13-12-17-6-4-14-26-17/h4,6,8-11,14-15,19,21H,2-3,5,7,12-13H2,1H3,(H,22,23). The molecule has 1 amide bonds. The summed E-state index contributed by atoms with van der Waals surface area (Å²) in [5, 5.41) is 5.06. The molecule has 1 aromatic heterocycles. The normalized spacial score (nSPS) is 20.3. The molecule has 1 fully saturated rings. The van der Waals surface area contributed by atoms with Gasteiger partial charge in [-0.25, -0.2) is 13.1 Å². The zero-order valence-corrected chi connectivity index (χ0v) is 17.1. The number of benzene rings is 1. The van der Waals surface area contributed by atoms with Crippen LogP contribution in [0.15, 0.2) is 46.7 Å². The molecule has 0 radical (unpaired) electrons. The van der Waals surface area contributed by atoms with E-state index in [1.54, 1.807) is 23.5 Å². The van der Waals surface area contributed by atoms with E-state index in [9.17, 15) is 13.2 Å². The van der Waals surface area contributed by atoms with Crippen molar-refractivity contribution < 1.29 is 13.2 Å². The summed E-state index contributed by atoms with van der Waals surface area (Å²) in [5.74, 6) is 0.346. The van der Waals surface area contributed by atoms with Crippen molar-refractivity contribution in [2.45, 2.75) is 50.0 Å². The van der Waals surface area contributed by atoms with Gasteiger partial charge in [-0.1, -0.05) is 25.8 Å². The SMILES string of the molecule is CC1CCCCC1NC(=O)c1ccc(S(=O)(=O)NCCc2cccs2)cc1. The highest BCUT2D eigenvalue weighted by Gasteiger charge is 2.23. The van der Waals surface area contributed by atoms with Crippen LogP contribution in [-0.4, -0.2) is 26.9 Å². The van der Waals surface area contributed by atoms with Gasteiger partial charge in [-0.3, -0.25) is 4.79 Å². The van der Waals surface area contributed by atoms with Crippen LogP contribution in [0.3, 0.4) is 0 Å². The second-order valence-electron chi connectivity index (χ2n) is 7.09. The maximum atomic E-state index is 12.4. The molecule has 7 heteroatoms. The molecule has 2 aromatic rings. The first-order valence-electron chi connectivity index (χ1n) is 9.39. The second kappa shape index (κ2) is 8.99. The van der Waals surface area contributed by atoms with Crippen LogP contribution in [0.5, 0.6) is 0 Å². The topological polar surface area (TPSA) is 75.3 Å². The van der Waals surface area contributed by atoms with Crippen molar-refractivity contribution in [3.8, 4) is 0 Å². The van der Waals surface area contributed by atoms with Crippen LogP contribution in [0.4, 0.5) is 0 Å². The van der Waals surface area contributed by atoms with E-state index < -0.39 is 10.0 Å². The van der Waals surface area contributed by atoms with Gasteiger partial charge in [0.2, 0.25) is 10.0 Å². The van der Waals surface area contributed by atoms with Gasteiger partial charge >= 0.3 is 0 Å². The third kappa shape index (κ3) is 5.40. The molecule has 1 aliphatic rings. The Hall–Kier alpha value is -1.70. The zero-order chi connectivity index (χ0) is 19.3. The molecule has 146 valence electrons. The molecule has 2 atom stereocenters. The van der Waals surface area contributed by atoms with Crippen molar-refractivity contribution in [1.29, 1.82) is 0 Å². The first-order valence-corrected chi connectivity index (χ1v) is 11.7. The van der Waals surface area contributed by atoms with Crippen molar-refractivity contribution in [2.75, 3.05) is 6.54 Å². The fourth-order valence-corrected chi connectivity index (χ4v) is 5.16. The Kier molecular flexibility index (Phi) is 6.68. The molecule has 1 saturated carbocycles. The minimum absolute atomic E-state index is 0.136. The summed E-state index contributed by atoms with van der Waals surface area (Å²) >= 11 is 1.61. The van der Waals surface area contributed by atoms with E-state index in [2.05, 4.69) is 17.0 Å². The lowest BCUT2D eigenvalue weighted by Crippen LogP contribution is -2.41. The van der Waals surface area contributed by atoms with E-state index in [0.717, 1.165) is 24.1 Å². The molecule has 2 unspecified atom stereocenters. The van der Waals surface area contributed by atoms with Gasteiger partial charge in [-0.05, 0) is 60.9 Å². The maximum absolute atomic E-state index is 12.4. The van der Waals surface area contributed by atoms with Crippen molar-refractivity contribution in [1.82, 2.24) is 10.0 Å². The third-order valence-electron chi connectivity index (χ3n) is 5.10. The number of thiophene rings is 1. The first kappa shape index (κ1) is 20.0. The summed E-state index contributed by atoms with van der Waals surface area (Å²) in [5.41, 5.74) is 0.491. The summed E-state index contributed by atoms with van der Waals surface area (Å²) in [6, 6.07) is 10.3. The molecule has 2 N–H and O–H groups in total. The number of hydrogen-bond donors (Lipinski definition) is 2. The molecule has 0 aliphatic heterocycles. The van der Waals surface area contributed by atoms with E-state index in [0.29, 0.717) is 24.4 Å². The van der Waals surface area contributed by atoms with Crippen molar-refractivity contribution in [2.24, 2.45) is 5.92 Å². The molecular formula is C20H26N2O3S2. The van der Waals surface area contributed by atoms with Crippen LogP contribution in [0.2, 0.25) is 0 Å². The molecule has 0 saturated heterocycles. The number of nitrogens with one attached hydrogen (secondary N) is 2. The number of carbonyl (C=O) groups excluding carboxylic acids is 1. The average Bonchev–Trinajstić information content (AvgIpc) is 3.17. The van der Waals surface area contributed by atoms with E-state index >= 15 is 0 Å². The Morgan fingerprint density at radius 2 is 1.89 bits per heavy atom. The minimum Gasteiger partial charge on any atom is -0.349 e. The summed E-state index contributed by atoms with van der Waals surface area (Å²) in [6.45, 7) is 2.52. The van der Waals surface area contributed by atoms with Gasteiger partial charge in [0.05, 0.1) is 4.90 Å². The van der Waals surface area contributed by atoms with E-state index in [1.165, 1.54) is 18.6 Å². The van der Waals surface area contributed by atoms with Gasteiger partial charge in [0.15, 0.2) is 0 Å². The quantitative estimate of drug-likeness (QED) is 0.738. The van der Waals surface area contributed by atoms with E-state index in [1.807, 2.05) is 17.5 Å². The molecule has 1 aromatic carbocycles. The lowest BCUT2D eigenvalue weighted by Gasteiger charge is -2.29. The third-order valence-corrected chi connectivity index (χ3v) is 7.51. The highest BCUT2D eigenvalue weighted by Crippen LogP contribution is 2.24. The molecule has 0 spiro atoms. The predicted molar refractivity (Wildman–Crippen MR) is 109 cm³/mol. The average molecular weight is 407 g/mol. The van der Waals surface area contributed by atoms with Crippen LogP contribution in [0.25, 0.3) is 0 Å². The highest BCUT2D eigenvalue weighted by molar-refractivity contribution is 7.89. The molecule has 0 bridgehead atoms. The Morgan fingerprint density at radius 3 is 2.56 bits per heavy atom. The summed E-state index contributed by atoms with van der Waals surface area (Å²) in [6.07, 6.45) is 5.17. The molecule has 1 heterocycles. The minimum atomic E-state index is -3.57. The van der Waals surface area contributed by atoms with Crippen LogP contribution in [-0.2, 0) is 16.4 Å². The van der Waals surface area contributed by atoms with Gasteiger partial charge < -0.3 is 5.32 Å². The Bertz CT molecular complexity index is 846. The van der Waals surface area contributed by atoms with Crippen molar-refractivity contribution >= 4 is 27.3 Å². The fraction of sp³-hybridized carbons (Fsp3) is 0.450. The van der Waals surface area contributed by atoms with Crippen LogP contribution < -0.4 is 10.0 Å². The smallest absolute Gasteiger partial charge is 0.251 e. The van der Waals surface area contributed by atoms with Crippen molar-refractivity contribution in [3.05, 3.63) is 52.2 Å². The predicted octanol–water partition coefficient (Wildman–Crippen LogP) is 3.58. The molecule has 3 rings (SSSR count). The molecule has 5 nitrogen and oxygen atoms in total. The Morgan fingerprint density at radius 1 is 1.15 bits per heavy atom. The molecule has 27 heavy (non-hydrogen) atoms. The number of rotatable bonds is 7. The zero-order valence-electron chi connectivity index (χ0n) is 15.5. The lowest BCUT2D eigenvalue weighted by atomic mass is 9.86. The van der Waals surface area contributed by atoms with E-state index in [4.69, 9.17) is 0 Å². The number of amides is 1. The first-order chi connectivity index (χ1) is 13.0.